The number of piperidine rings is 1. The third-order valence-electron chi connectivity index (χ3n) is 4.10. The molecule has 0 aromatic carbocycles. The van der Waals surface area contributed by atoms with Crippen molar-refractivity contribution in [1.82, 2.24) is 20.0 Å². The van der Waals surface area contributed by atoms with E-state index in [1.165, 1.54) is 0 Å². The van der Waals surface area contributed by atoms with Crippen molar-refractivity contribution in [3.63, 3.8) is 0 Å². The van der Waals surface area contributed by atoms with Crippen molar-refractivity contribution in [2.24, 2.45) is 5.73 Å². The van der Waals surface area contributed by atoms with Crippen molar-refractivity contribution in [2.75, 3.05) is 19.6 Å². The summed E-state index contributed by atoms with van der Waals surface area (Å²) in [4.78, 5) is 22.2. The van der Waals surface area contributed by atoms with Crippen LogP contribution in [0.1, 0.15) is 36.0 Å². The fourth-order valence-electron chi connectivity index (χ4n) is 3.12. The summed E-state index contributed by atoms with van der Waals surface area (Å²) in [6.07, 6.45) is 3.83. The third kappa shape index (κ3) is 3.56. The first-order valence-corrected chi connectivity index (χ1v) is 7.81. The Hall–Kier alpha value is -2.28. The molecule has 2 aromatic rings. The van der Waals surface area contributed by atoms with Gasteiger partial charge in [-0.1, -0.05) is 5.16 Å². The van der Waals surface area contributed by atoms with E-state index in [0.29, 0.717) is 5.76 Å². The highest BCUT2D eigenvalue weighted by Gasteiger charge is 2.27. The predicted octanol–water partition coefficient (Wildman–Crippen LogP) is 1.41. The molecule has 1 saturated heterocycles. The summed E-state index contributed by atoms with van der Waals surface area (Å²) in [6.45, 7) is 5.71. The minimum atomic E-state index is -0.296. The van der Waals surface area contributed by atoms with Gasteiger partial charge in [-0.2, -0.15) is 0 Å². The highest BCUT2D eigenvalue weighted by molar-refractivity contribution is 5.76. The normalized spacial score (nSPS) is 19.0. The van der Waals surface area contributed by atoms with E-state index < -0.39 is 0 Å². The molecule has 0 spiro atoms. The first kappa shape index (κ1) is 15.6. The molecule has 0 radical (unpaired) electrons. The molecular weight excluding hydrogens is 294 g/mol. The van der Waals surface area contributed by atoms with Gasteiger partial charge in [0.25, 0.3) is 0 Å². The van der Waals surface area contributed by atoms with E-state index in [1.54, 1.807) is 6.20 Å². The molecule has 7 nitrogen and oxygen atoms in total. The van der Waals surface area contributed by atoms with Gasteiger partial charge in [0.05, 0.1) is 23.5 Å². The molecule has 0 aliphatic carbocycles. The number of hydrogen-bond acceptors (Lipinski definition) is 6. The maximum atomic E-state index is 11.2. The molecule has 1 atom stereocenters. The van der Waals surface area contributed by atoms with Crippen molar-refractivity contribution in [1.29, 1.82) is 0 Å². The van der Waals surface area contributed by atoms with E-state index in [-0.39, 0.29) is 18.4 Å². The molecule has 0 unspecified atom stereocenters. The summed E-state index contributed by atoms with van der Waals surface area (Å²) in [5.74, 6) is 1.34. The molecule has 122 valence electrons. The summed E-state index contributed by atoms with van der Waals surface area (Å²) in [6, 6.07) is 1.89. The van der Waals surface area contributed by atoms with Crippen LogP contribution in [0.3, 0.4) is 0 Å². The Bertz CT molecular complexity index is 712. The molecular formula is C16H21N5O2. The molecule has 7 heteroatoms. The second-order valence-electron chi connectivity index (χ2n) is 6.09. The second-order valence-corrected chi connectivity index (χ2v) is 6.09. The van der Waals surface area contributed by atoms with E-state index in [1.807, 2.05) is 19.9 Å². The highest BCUT2D eigenvalue weighted by Crippen LogP contribution is 2.33. The number of aryl methyl sites for hydroxylation is 2. The van der Waals surface area contributed by atoms with Crippen molar-refractivity contribution in [3.8, 4) is 11.3 Å². The number of nitrogens with zero attached hydrogens (tertiary/aromatic N) is 4. The topological polar surface area (TPSA) is 98.1 Å². The number of amides is 1. The number of primary amides is 1. The van der Waals surface area contributed by atoms with Gasteiger partial charge in [0.2, 0.25) is 5.91 Å². The molecule has 1 fully saturated rings. The van der Waals surface area contributed by atoms with Crippen molar-refractivity contribution >= 4 is 5.91 Å². The molecule has 2 aromatic heterocycles. The molecule has 1 aliphatic rings. The monoisotopic (exact) mass is 315 g/mol. The summed E-state index contributed by atoms with van der Waals surface area (Å²) in [5.41, 5.74) is 7.99. The summed E-state index contributed by atoms with van der Waals surface area (Å²) < 4.78 is 5.40. The average molecular weight is 315 g/mol. The molecule has 0 saturated carbocycles. The molecule has 2 N–H and O–H groups in total. The first-order chi connectivity index (χ1) is 11.0. The van der Waals surface area contributed by atoms with Crippen molar-refractivity contribution < 1.29 is 9.32 Å². The molecule has 1 aliphatic heterocycles. The van der Waals surface area contributed by atoms with E-state index in [4.69, 9.17) is 10.3 Å². The van der Waals surface area contributed by atoms with Crippen LogP contribution in [-0.2, 0) is 4.79 Å². The van der Waals surface area contributed by atoms with Crippen LogP contribution in [0.2, 0.25) is 0 Å². The summed E-state index contributed by atoms with van der Waals surface area (Å²) >= 11 is 0. The zero-order valence-corrected chi connectivity index (χ0v) is 13.5. The Balaban J connectivity index is 1.92. The fourth-order valence-corrected chi connectivity index (χ4v) is 3.12. The lowest BCUT2D eigenvalue weighted by atomic mass is 9.91. The van der Waals surface area contributed by atoms with Crippen molar-refractivity contribution in [2.45, 2.75) is 32.6 Å². The number of carbonyl (C=O) groups is 1. The van der Waals surface area contributed by atoms with Crippen LogP contribution in [0.15, 0.2) is 16.8 Å². The Morgan fingerprint density at radius 2 is 2.30 bits per heavy atom. The lowest BCUT2D eigenvalue weighted by Crippen LogP contribution is -2.40. The number of likely N-dealkylation sites (tertiary alicyclic amines) is 1. The van der Waals surface area contributed by atoms with Gasteiger partial charge in [0, 0.05) is 24.7 Å². The Labute approximate surface area is 134 Å². The Kier molecular flexibility index (Phi) is 4.38. The lowest BCUT2D eigenvalue weighted by molar-refractivity contribution is -0.119. The van der Waals surface area contributed by atoms with Crippen LogP contribution < -0.4 is 5.73 Å². The van der Waals surface area contributed by atoms with Crippen LogP contribution in [0.4, 0.5) is 0 Å². The zero-order chi connectivity index (χ0) is 16.4. The van der Waals surface area contributed by atoms with E-state index in [2.05, 4.69) is 20.0 Å². The molecule has 1 amide bonds. The fraction of sp³-hybridized carbons (Fsp3) is 0.500. The first-order valence-electron chi connectivity index (χ1n) is 7.81. The minimum absolute atomic E-state index is 0.227. The van der Waals surface area contributed by atoms with E-state index >= 15 is 0 Å². The Morgan fingerprint density at radius 3 is 3.00 bits per heavy atom. The largest absolute Gasteiger partial charge is 0.369 e. The van der Waals surface area contributed by atoms with Gasteiger partial charge in [0.1, 0.15) is 5.82 Å². The SMILES string of the molecule is Cc1cc(-c2cnc(C)nc2[C@H]2CCCN(CC(N)=O)C2)on1. The lowest BCUT2D eigenvalue weighted by Gasteiger charge is -2.32. The maximum absolute atomic E-state index is 11.2. The van der Waals surface area contributed by atoms with Crippen molar-refractivity contribution in [3.05, 3.63) is 29.5 Å². The van der Waals surface area contributed by atoms with Crippen LogP contribution in [0.25, 0.3) is 11.3 Å². The number of aromatic nitrogens is 3. The second kappa shape index (κ2) is 6.45. The van der Waals surface area contributed by atoms with Gasteiger partial charge >= 0.3 is 0 Å². The number of carbonyl (C=O) groups excluding carboxylic acids is 1. The predicted molar refractivity (Wildman–Crippen MR) is 84.6 cm³/mol. The third-order valence-corrected chi connectivity index (χ3v) is 4.10. The van der Waals surface area contributed by atoms with Gasteiger partial charge in [-0.15, -0.1) is 0 Å². The van der Waals surface area contributed by atoms with Gasteiger partial charge < -0.3 is 10.3 Å². The molecule has 0 bridgehead atoms. The quantitative estimate of drug-likeness (QED) is 0.916. The maximum Gasteiger partial charge on any atom is 0.231 e. The van der Waals surface area contributed by atoms with E-state index in [0.717, 1.165) is 48.7 Å². The Morgan fingerprint density at radius 1 is 1.48 bits per heavy atom. The molecule has 3 rings (SSSR count). The summed E-state index contributed by atoms with van der Waals surface area (Å²) in [5, 5.41) is 3.95. The molecule has 23 heavy (non-hydrogen) atoms. The minimum Gasteiger partial charge on any atom is -0.369 e. The van der Waals surface area contributed by atoms with Crippen LogP contribution in [-0.4, -0.2) is 45.6 Å². The summed E-state index contributed by atoms with van der Waals surface area (Å²) in [7, 11) is 0. The highest BCUT2D eigenvalue weighted by atomic mass is 16.5. The molecule has 3 heterocycles. The average Bonchev–Trinajstić information content (AvgIpc) is 2.93. The standard InChI is InChI=1S/C16H21N5O2/c1-10-6-14(23-20-10)13-7-18-11(2)19-16(13)12-4-3-5-21(8-12)9-15(17)22/h6-7,12H,3-5,8-9H2,1-2H3,(H2,17,22)/t12-/m0/s1. The van der Waals surface area contributed by atoms with Crippen LogP contribution in [0.5, 0.6) is 0 Å². The van der Waals surface area contributed by atoms with Crippen LogP contribution in [0, 0.1) is 13.8 Å². The number of nitrogens with two attached hydrogens (primary N) is 1. The van der Waals surface area contributed by atoms with Gasteiger partial charge in [-0.25, -0.2) is 9.97 Å². The number of hydrogen-bond donors (Lipinski definition) is 1. The number of rotatable bonds is 4. The van der Waals surface area contributed by atoms with Gasteiger partial charge in [-0.3, -0.25) is 9.69 Å². The van der Waals surface area contributed by atoms with E-state index in [9.17, 15) is 4.79 Å². The van der Waals surface area contributed by atoms with Gasteiger partial charge in [0.15, 0.2) is 5.76 Å². The smallest absolute Gasteiger partial charge is 0.231 e. The van der Waals surface area contributed by atoms with Gasteiger partial charge in [-0.05, 0) is 33.2 Å². The van der Waals surface area contributed by atoms with Crippen LogP contribution >= 0.6 is 0 Å². The zero-order valence-electron chi connectivity index (χ0n) is 13.5.